The molecule has 1 aromatic rings. The van der Waals surface area contributed by atoms with E-state index in [0.717, 1.165) is 44.9 Å². The topological polar surface area (TPSA) is 114 Å². The molecule has 2 N–H and O–H groups in total. The average molecular weight is 532 g/mol. The lowest BCUT2D eigenvalue weighted by molar-refractivity contribution is -0.153. The van der Waals surface area contributed by atoms with Crippen molar-refractivity contribution in [3.05, 3.63) is 35.9 Å². The summed E-state index contributed by atoms with van der Waals surface area (Å²) in [5, 5.41) is 5.47. The molecule has 1 aliphatic heterocycles. The Bertz CT molecular complexity index is 935. The molecule has 2 aliphatic rings. The van der Waals surface area contributed by atoms with Crippen LogP contribution in [-0.2, 0) is 35.1 Å². The van der Waals surface area contributed by atoms with E-state index in [1.54, 1.807) is 4.90 Å². The van der Waals surface area contributed by atoms with Crippen LogP contribution in [0.3, 0.4) is 0 Å². The van der Waals surface area contributed by atoms with Gasteiger partial charge in [-0.15, -0.1) is 0 Å². The first kappa shape index (κ1) is 28.6. The molecule has 2 fully saturated rings. The fraction of sp³-hybridized carbons (Fsp3) is 0.593. The highest BCUT2D eigenvalue weighted by Gasteiger charge is 2.34. The number of aryl methyl sites for hydroxylation is 1. The van der Waals surface area contributed by atoms with Crippen LogP contribution in [0.2, 0.25) is 0 Å². The highest BCUT2D eigenvalue weighted by molar-refractivity contribution is 7.80. The third-order valence-corrected chi connectivity index (χ3v) is 6.89. The quantitative estimate of drug-likeness (QED) is 0.255. The summed E-state index contributed by atoms with van der Waals surface area (Å²) in [4.78, 5) is 50.9. The maximum atomic E-state index is 12.5. The van der Waals surface area contributed by atoms with E-state index in [4.69, 9.17) is 21.7 Å². The molecule has 1 aliphatic carbocycles. The Morgan fingerprint density at radius 3 is 2.54 bits per heavy atom. The SMILES string of the molecule is O=C(CCCC(=O)OCCCc1ccccc1)NC(=S)N1CCNC(=O)C1CC(=O)OC1CCCCC1. The number of nitrogens with one attached hydrogen (secondary N) is 2. The highest BCUT2D eigenvalue weighted by atomic mass is 32.1. The van der Waals surface area contributed by atoms with E-state index in [9.17, 15) is 19.2 Å². The molecule has 0 bridgehead atoms. The van der Waals surface area contributed by atoms with Crippen molar-refractivity contribution in [2.24, 2.45) is 0 Å². The van der Waals surface area contributed by atoms with Crippen molar-refractivity contribution >= 4 is 41.1 Å². The number of thiocarbonyl (C=S) groups is 1. The Hall–Kier alpha value is -3.01. The van der Waals surface area contributed by atoms with Crippen LogP contribution in [0.4, 0.5) is 0 Å². The Labute approximate surface area is 223 Å². The van der Waals surface area contributed by atoms with Gasteiger partial charge in [-0.25, -0.2) is 0 Å². The molecule has 9 nitrogen and oxygen atoms in total. The molecule has 37 heavy (non-hydrogen) atoms. The second-order valence-electron chi connectivity index (χ2n) is 9.47. The van der Waals surface area contributed by atoms with Gasteiger partial charge in [-0.3, -0.25) is 19.2 Å². The maximum absolute atomic E-state index is 12.5. The molecule has 10 heteroatoms. The first-order valence-corrected chi connectivity index (χ1v) is 13.6. The average Bonchev–Trinajstić information content (AvgIpc) is 2.89. The number of benzene rings is 1. The second kappa shape index (κ2) is 15.3. The number of hydrogen-bond acceptors (Lipinski definition) is 7. The fourth-order valence-electron chi connectivity index (χ4n) is 4.56. The van der Waals surface area contributed by atoms with Gasteiger partial charge >= 0.3 is 11.9 Å². The van der Waals surface area contributed by atoms with Crippen LogP contribution in [-0.4, -0.2) is 65.6 Å². The van der Waals surface area contributed by atoms with E-state index in [1.165, 1.54) is 5.56 Å². The maximum Gasteiger partial charge on any atom is 0.308 e. The van der Waals surface area contributed by atoms with Gasteiger partial charge in [0.1, 0.15) is 12.1 Å². The number of carbonyl (C=O) groups excluding carboxylic acids is 4. The minimum Gasteiger partial charge on any atom is -0.466 e. The largest absolute Gasteiger partial charge is 0.466 e. The molecule has 1 saturated carbocycles. The summed E-state index contributed by atoms with van der Waals surface area (Å²) in [5.74, 6) is -1.45. The van der Waals surface area contributed by atoms with Gasteiger partial charge in [0.15, 0.2) is 5.11 Å². The Kier molecular flexibility index (Phi) is 11.8. The summed E-state index contributed by atoms with van der Waals surface area (Å²) >= 11 is 5.38. The number of rotatable bonds is 11. The zero-order valence-electron chi connectivity index (χ0n) is 21.2. The van der Waals surface area contributed by atoms with Crippen molar-refractivity contribution in [2.45, 2.75) is 82.8 Å². The minimum absolute atomic E-state index is 0.0910. The first-order chi connectivity index (χ1) is 17.9. The molecule has 1 heterocycles. The lowest BCUT2D eigenvalue weighted by atomic mass is 9.98. The Morgan fingerprint density at radius 2 is 1.78 bits per heavy atom. The van der Waals surface area contributed by atoms with E-state index in [2.05, 4.69) is 10.6 Å². The molecule has 0 spiro atoms. The third-order valence-electron chi connectivity index (χ3n) is 6.55. The van der Waals surface area contributed by atoms with E-state index in [0.29, 0.717) is 26.1 Å². The van der Waals surface area contributed by atoms with Gasteiger partial charge in [-0.1, -0.05) is 36.8 Å². The van der Waals surface area contributed by atoms with Gasteiger partial charge in [0.2, 0.25) is 11.8 Å². The zero-order valence-corrected chi connectivity index (χ0v) is 22.1. The Morgan fingerprint density at radius 1 is 1.03 bits per heavy atom. The zero-order chi connectivity index (χ0) is 26.5. The number of piperazine rings is 1. The predicted molar refractivity (Wildman–Crippen MR) is 141 cm³/mol. The number of ether oxygens (including phenoxy) is 2. The first-order valence-electron chi connectivity index (χ1n) is 13.2. The van der Waals surface area contributed by atoms with Crippen molar-refractivity contribution in [1.82, 2.24) is 15.5 Å². The van der Waals surface area contributed by atoms with Crippen molar-refractivity contribution in [1.29, 1.82) is 0 Å². The summed E-state index contributed by atoms with van der Waals surface area (Å²) in [6.07, 6.45) is 6.82. The number of carbonyl (C=O) groups is 4. The van der Waals surface area contributed by atoms with Crippen molar-refractivity contribution in [3.8, 4) is 0 Å². The molecule has 1 unspecified atom stereocenters. The summed E-state index contributed by atoms with van der Waals surface area (Å²) in [6.45, 7) is 1.08. The van der Waals surface area contributed by atoms with Crippen LogP contribution < -0.4 is 10.6 Å². The van der Waals surface area contributed by atoms with E-state index < -0.39 is 12.0 Å². The number of nitrogens with zero attached hydrogens (tertiary/aromatic N) is 1. The van der Waals surface area contributed by atoms with Crippen LogP contribution >= 0.6 is 12.2 Å². The Balaban J connectivity index is 1.34. The third kappa shape index (κ3) is 10.1. The number of esters is 2. The van der Waals surface area contributed by atoms with Gasteiger partial charge in [-0.2, -0.15) is 0 Å². The van der Waals surface area contributed by atoms with Gasteiger partial charge in [-0.05, 0) is 62.7 Å². The van der Waals surface area contributed by atoms with Crippen LogP contribution in [0, 0.1) is 0 Å². The molecule has 3 rings (SSSR count). The molecule has 202 valence electrons. The lowest BCUT2D eigenvalue weighted by Crippen LogP contribution is -2.60. The summed E-state index contributed by atoms with van der Waals surface area (Å²) in [6, 6.07) is 9.15. The van der Waals surface area contributed by atoms with Crippen LogP contribution in [0.25, 0.3) is 0 Å². The molecule has 0 radical (unpaired) electrons. The molecule has 1 aromatic carbocycles. The molecule has 0 aromatic heterocycles. The molecule has 2 amide bonds. The molecule has 1 atom stereocenters. The van der Waals surface area contributed by atoms with Crippen LogP contribution in [0.1, 0.15) is 69.8 Å². The molecular formula is C27H37N3O6S. The number of hydrogen-bond donors (Lipinski definition) is 2. The summed E-state index contributed by atoms with van der Waals surface area (Å²) in [7, 11) is 0. The second-order valence-corrected chi connectivity index (χ2v) is 9.86. The number of amides is 2. The van der Waals surface area contributed by atoms with Gasteiger partial charge in [0.25, 0.3) is 0 Å². The highest BCUT2D eigenvalue weighted by Crippen LogP contribution is 2.21. The smallest absolute Gasteiger partial charge is 0.308 e. The van der Waals surface area contributed by atoms with Gasteiger partial charge in [0, 0.05) is 25.9 Å². The van der Waals surface area contributed by atoms with E-state index in [1.807, 2.05) is 30.3 Å². The van der Waals surface area contributed by atoms with Gasteiger partial charge < -0.3 is 25.0 Å². The van der Waals surface area contributed by atoms with E-state index in [-0.39, 0.29) is 48.3 Å². The van der Waals surface area contributed by atoms with Crippen LogP contribution in [0.15, 0.2) is 30.3 Å². The van der Waals surface area contributed by atoms with Crippen molar-refractivity contribution in [2.75, 3.05) is 19.7 Å². The summed E-state index contributed by atoms with van der Waals surface area (Å²) < 4.78 is 10.8. The van der Waals surface area contributed by atoms with Gasteiger partial charge in [0.05, 0.1) is 13.0 Å². The molecule has 1 saturated heterocycles. The monoisotopic (exact) mass is 531 g/mol. The summed E-state index contributed by atoms with van der Waals surface area (Å²) in [5.41, 5.74) is 1.20. The van der Waals surface area contributed by atoms with Crippen molar-refractivity contribution in [3.63, 3.8) is 0 Å². The van der Waals surface area contributed by atoms with Crippen molar-refractivity contribution < 1.29 is 28.7 Å². The minimum atomic E-state index is -0.830. The van der Waals surface area contributed by atoms with Crippen LogP contribution in [0.5, 0.6) is 0 Å². The fourth-order valence-corrected chi connectivity index (χ4v) is 4.89. The normalized spacial score (nSPS) is 18.0. The van der Waals surface area contributed by atoms with E-state index >= 15 is 0 Å². The standard InChI is InChI=1S/C27H37N3O6S/c31-23(14-7-15-24(32)35-18-8-11-20-9-3-1-4-10-20)29-27(37)30-17-16-28-26(34)22(30)19-25(33)36-21-12-5-2-6-13-21/h1,3-4,9-10,21-22H,2,5-8,11-19H2,(H,28,34)(H,29,31,37). The molecular weight excluding hydrogens is 494 g/mol. The lowest BCUT2D eigenvalue weighted by Gasteiger charge is -2.36. The predicted octanol–water partition coefficient (Wildman–Crippen LogP) is 2.80.